The first-order valence-electron chi connectivity index (χ1n) is 8.69. The van der Waals surface area contributed by atoms with E-state index in [-0.39, 0.29) is 5.56 Å². The van der Waals surface area contributed by atoms with Crippen LogP contribution < -0.4 is 5.56 Å². The average Bonchev–Trinajstić information content (AvgIpc) is 3.24. The van der Waals surface area contributed by atoms with Crippen molar-refractivity contribution in [2.75, 3.05) is 0 Å². The van der Waals surface area contributed by atoms with Gasteiger partial charge in [0, 0.05) is 11.9 Å². The first kappa shape index (κ1) is 16.5. The van der Waals surface area contributed by atoms with Gasteiger partial charge in [-0.25, -0.2) is 9.97 Å². The number of benzene rings is 1. The molecule has 1 aromatic carbocycles. The predicted molar refractivity (Wildman–Crippen MR) is 111 cm³/mol. The standard InChI is InChI=1S/C19H17N3OS3/c1-22-18(23)16-11-6-2-4-8-13(11)26-17(16)21-19(22)24-10-15-20-12-7-3-5-9-14(12)25-15/h3,5,7,9H,2,4,6,8,10H2,1H3. The van der Waals surface area contributed by atoms with Crippen LogP contribution in [0, 0.1) is 0 Å². The molecule has 0 radical (unpaired) electrons. The minimum atomic E-state index is 0.0983. The van der Waals surface area contributed by atoms with E-state index >= 15 is 0 Å². The number of hydrogen-bond donors (Lipinski definition) is 0. The fraction of sp³-hybridized carbons (Fsp3) is 0.316. The normalized spacial score (nSPS) is 14.2. The quantitative estimate of drug-likeness (QED) is 0.368. The van der Waals surface area contributed by atoms with Gasteiger partial charge in [-0.15, -0.1) is 22.7 Å². The molecule has 0 saturated carbocycles. The molecule has 5 rings (SSSR count). The highest BCUT2D eigenvalue weighted by Crippen LogP contribution is 2.35. The smallest absolute Gasteiger partial charge is 0.262 e. The van der Waals surface area contributed by atoms with E-state index in [1.807, 2.05) is 25.2 Å². The second kappa shape index (κ2) is 6.48. The zero-order chi connectivity index (χ0) is 17.7. The Bertz CT molecular complexity index is 1160. The lowest BCUT2D eigenvalue weighted by Gasteiger charge is -2.10. The zero-order valence-electron chi connectivity index (χ0n) is 14.3. The van der Waals surface area contributed by atoms with Gasteiger partial charge in [0.05, 0.1) is 21.4 Å². The number of fused-ring (bicyclic) bond motifs is 4. The molecule has 1 aliphatic carbocycles. The molecule has 0 saturated heterocycles. The number of thiazole rings is 1. The van der Waals surface area contributed by atoms with Crippen LogP contribution in [0.5, 0.6) is 0 Å². The van der Waals surface area contributed by atoms with Crippen LogP contribution in [0.3, 0.4) is 0 Å². The Labute approximate surface area is 162 Å². The summed E-state index contributed by atoms with van der Waals surface area (Å²) < 4.78 is 2.91. The van der Waals surface area contributed by atoms with E-state index in [2.05, 4.69) is 11.1 Å². The Hall–Kier alpha value is -1.70. The van der Waals surface area contributed by atoms with Crippen LogP contribution in [0.2, 0.25) is 0 Å². The van der Waals surface area contributed by atoms with Gasteiger partial charge in [-0.1, -0.05) is 23.9 Å². The Morgan fingerprint density at radius 1 is 1.15 bits per heavy atom. The van der Waals surface area contributed by atoms with Crippen molar-refractivity contribution < 1.29 is 0 Å². The first-order valence-corrected chi connectivity index (χ1v) is 11.3. The third-order valence-electron chi connectivity index (χ3n) is 4.82. The molecule has 0 bridgehead atoms. The Kier molecular flexibility index (Phi) is 4.10. The molecule has 4 aromatic rings. The molecule has 4 nitrogen and oxygen atoms in total. The van der Waals surface area contributed by atoms with Crippen LogP contribution in [0.15, 0.2) is 34.2 Å². The molecule has 3 aromatic heterocycles. The lowest BCUT2D eigenvalue weighted by molar-refractivity contribution is 0.695. The fourth-order valence-corrected chi connectivity index (χ4v) is 6.74. The summed E-state index contributed by atoms with van der Waals surface area (Å²) in [4.78, 5) is 24.7. The number of para-hydroxylation sites is 1. The molecule has 0 N–H and O–H groups in total. The fourth-order valence-electron chi connectivity index (χ4n) is 3.50. The number of rotatable bonds is 3. The summed E-state index contributed by atoms with van der Waals surface area (Å²) in [5, 5.41) is 2.70. The number of aryl methyl sites for hydroxylation is 2. The highest BCUT2D eigenvalue weighted by molar-refractivity contribution is 7.98. The van der Waals surface area contributed by atoms with E-state index in [4.69, 9.17) is 4.98 Å². The maximum absolute atomic E-state index is 12.9. The highest BCUT2D eigenvalue weighted by Gasteiger charge is 2.21. The molecule has 0 amide bonds. The number of thioether (sulfide) groups is 1. The van der Waals surface area contributed by atoms with Crippen LogP contribution in [0.25, 0.3) is 20.4 Å². The summed E-state index contributed by atoms with van der Waals surface area (Å²) in [5.74, 6) is 0.732. The van der Waals surface area contributed by atoms with Crippen molar-refractivity contribution in [1.29, 1.82) is 0 Å². The zero-order valence-corrected chi connectivity index (χ0v) is 16.8. The summed E-state index contributed by atoms with van der Waals surface area (Å²) in [6, 6.07) is 8.18. The van der Waals surface area contributed by atoms with Gasteiger partial charge in [0.2, 0.25) is 0 Å². The molecule has 0 atom stereocenters. The largest absolute Gasteiger partial charge is 0.290 e. The summed E-state index contributed by atoms with van der Waals surface area (Å²) in [7, 11) is 1.84. The molecule has 0 aliphatic heterocycles. The summed E-state index contributed by atoms with van der Waals surface area (Å²) in [5.41, 5.74) is 2.39. The van der Waals surface area contributed by atoms with Crippen LogP contribution in [0.1, 0.15) is 28.3 Å². The van der Waals surface area contributed by atoms with Crippen LogP contribution in [-0.2, 0) is 25.6 Å². The van der Waals surface area contributed by atoms with E-state index in [1.165, 1.54) is 28.0 Å². The molecular weight excluding hydrogens is 382 g/mol. The Morgan fingerprint density at radius 3 is 2.88 bits per heavy atom. The van der Waals surface area contributed by atoms with Crippen LogP contribution in [0.4, 0.5) is 0 Å². The molecule has 3 heterocycles. The van der Waals surface area contributed by atoms with Gasteiger partial charge in [-0.2, -0.15) is 0 Å². The van der Waals surface area contributed by atoms with E-state index in [0.717, 1.165) is 44.5 Å². The minimum absolute atomic E-state index is 0.0983. The Balaban J connectivity index is 1.50. The van der Waals surface area contributed by atoms with E-state index in [1.54, 1.807) is 39.0 Å². The highest BCUT2D eigenvalue weighted by atomic mass is 32.2. The third-order valence-corrected chi connectivity index (χ3v) is 8.26. The van der Waals surface area contributed by atoms with Gasteiger partial charge in [0.1, 0.15) is 9.84 Å². The molecule has 7 heteroatoms. The van der Waals surface area contributed by atoms with Crippen molar-refractivity contribution in [1.82, 2.24) is 14.5 Å². The minimum Gasteiger partial charge on any atom is -0.290 e. The molecule has 132 valence electrons. The lowest BCUT2D eigenvalue weighted by atomic mass is 9.97. The average molecular weight is 400 g/mol. The van der Waals surface area contributed by atoms with Crippen molar-refractivity contribution >= 4 is 54.9 Å². The predicted octanol–water partition coefficient (Wildman–Crippen LogP) is 4.78. The number of nitrogens with zero attached hydrogens (tertiary/aromatic N) is 3. The maximum Gasteiger partial charge on any atom is 0.262 e. The summed E-state index contributed by atoms with van der Waals surface area (Å²) in [6.07, 6.45) is 4.51. The van der Waals surface area contributed by atoms with Gasteiger partial charge < -0.3 is 0 Å². The molecule has 0 fully saturated rings. The maximum atomic E-state index is 12.9. The third kappa shape index (κ3) is 2.69. The van der Waals surface area contributed by atoms with Crippen molar-refractivity contribution in [2.45, 2.75) is 36.6 Å². The van der Waals surface area contributed by atoms with Crippen molar-refractivity contribution in [3.05, 3.63) is 50.1 Å². The summed E-state index contributed by atoms with van der Waals surface area (Å²) in [6.45, 7) is 0. The van der Waals surface area contributed by atoms with Crippen LogP contribution in [-0.4, -0.2) is 14.5 Å². The number of aromatic nitrogens is 3. The number of thiophene rings is 1. The first-order chi connectivity index (χ1) is 12.7. The SMILES string of the molecule is Cn1c(SCc2nc3ccccc3s2)nc2sc3c(c2c1=O)CCCC3. The number of hydrogen-bond acceptors (Lipinski definition) is 6. The molecule has 1 aliphatic rings. The van der Waals surface area contributed by atoms with Crippen LogP contribution >= 0.6 is 34.4 Å². The van der Waals surface area contributed by atoms with Gasteiger partial charge in [0.15, 0.2) is 5.16 Å². The van der Waals surface area contributed by atoms with Crippen molar-refractivity contribution in [2.24, 2.45) is 7.05 Å². The summed E-state index contributed by atoms with van der Waals surface area (Å²) >= 11 is 5.02. The van der Waals surface area contributed by atoms with Crippen molar-refractivity contribution in [3.8, 4) is 0 Å². The van der Waals surface area contributed by atoms with Gasteiger partial charge in [-0.3, -0.25) is 9.36 Å². The molecule has 0 unspecified atom stereocenters. The van der Waals surface area contributed by atoms with E-state index < -0.39 is 0 Å². The lowest BCUT2D eigenvalue weighted by Crippen LogP contribution is -2.20. The second-order valence-corrected chi connectivity index (χ2v) is 9.65. The monoisotopic (exact) mass is 399 g/mol. The topological polar surface area (TPSA) is 47.8 Å². The van der Waals surface area contributed by atoms with Gasteiger partial charge >= 0.3 is 0 Å². The van der Waals surface area contributed by atoms with E-state index in [0.29, 0.717) is 0 Å². The van der Waals surface area contributed by atoms with Gasteiger partial charge in [0.25, 0.3) is 5.56 Å². The molecule has 0 spiro atoms. The van der Waals surface area contributed by atoms with Gasteiger partial charge in [-0.05, 0) is 43.4 Å². The second-order valence-electron chi connectivity index (χ2n) is 6.51. The van der Waals surface area contributed by atoms with E-state index in [9.17, 15) is 4.79 Å². The molecule has 26 heavy (non-hydrogen) atoms. The Morgan fingerprint density at radius 2 is 2.00 bits per heavy atom. The molecular formula is C19H17N3OS3. The van der Waals surface area contributed by atoms with Crippen molar-refractivity contribution in [3.63, 3.8) is 0 Å².